The lowest BCUT2D eigenvalue weighted by atomic mass is 10.3. The number of para-hydroxylation sites is 1. The zero-order valence-electron chi connectivity index (χ0n) is 13.2. The Labute approximate surface area is 130 Å². The van der Waals surface area contributed by atoms with Gasteiger partial charge in [-0.05, 0) is 19.1 Å². The lowest BCUT2D eigenvalue weighted by Crippen LogP contribution is -2.39. The average Bonchev–Trinajstić information content (AvgIpc) is 2.87. The molecule has 22 heavy (non-hydrogen) atoms. The molecule has 1 aromatic carbocycles. The van der Waals surface area contributed by atoms with E-state index >= 15 is 0 Å². The first-order chi connectivity index (χ1) is 10.7. The fourth-order valence-electron chi connectivity index (χ4n) is 1.84. The molecule has 0 saturated heterocycles. The van der Waals surface area contributed by atoms with E-state index in [2.05, 4.69) is 25.8 Å². The minimum absolute atomic E-state index is 0.563. The second kappa shape index (κ2) is 8.02. The second-order valence-corrected chi connectivity index (χ2v) is 4.74. The second-order valence-electron chi connectivity index (χ2n) is 4.74. The molecule has 118 valence electrons. The number of aliphatic imine (C=N–C) groups is 1. The van der Waals surface area contributed by atoms with Crippen molar-refractivity contribution in [2.75, 3.05) is 20.2 Å². The first-order valence-electron chi connectivity index (χ1n) is 7.18. The minimum Gasteiger partial charge on any atom is -0.492 e. The number of guanidine groups is 1. The van der Waals surface area contributed by atoms with Gasteiger partial charge in [0, 0.05) is 14.1 Å². The molecular weight excluding hydrogens is 280 g/mol. The van der Waals surface area contributed by atoms with Gasteiger partial charge in [0.1, 0.15) is 18.2 Å². The molecule has 7 nitrogen and oxygen atoms in total. The molecule has 0 amide bonds. The van der Waals surface area contributed by atoms with Gasteiger partial charge in [-0.3, -0.25) is 4.99 Å². The maximum absolute atomic E-state index is 5.61. The van der Waals surface area contributed by atoms with Crippen molar-refractivity contribution in [3.8, 4) is 5.75 Å². The summed E-state index contributed by atoms with van der Waals surface area (Å²) in [6.45, 7) is 3.71. The van der Waals surface area contributed by atoms with Crippen molar-refractivity contribution in [1.29, 1.82) is 0 Å². The van der Waals surface area contributed by atoms with Crippen molar-refractivity contribution < 1.29 is 4.74 Å². The van der Waals surface area contributed by atoms with E-state index in [1.54, 1.807) is 7.05 Å². The van der Waals surface area contributed by atoms with Crippen LogP contribution in [-0.4, -0.2) is 40.9 Å². The Bertz CT molecular complexity index is 608. The highest BCUT2D eigenvalue weighted by molar-refractivity contribution is 5.79. The molecule has 0 spiro atoms. The molecule has 0 saturated carbocycles. The molecule has 0 unspecified atom stereocenters. The first-order valence-corrected chi connectivity index (χ1v) is 7.18. The summed E-state index contributed by atoms with van der Waals surface area (Å²) < 4.78 is 7.56. The number of nitrogens with one attached hydrogen (secondary N) is 2. The fourth-order valence-corrected chi connectivity index (χ4v) is 1.84. The molecular formula is C15H22N6O. The molecule has 1 aromatic heterocycles. The SMILES string of the molecule is CN=C(NCCOc1ccccc1)NCc1nnc(C)n1C. The third-order valence-electron chi connectivity index (χ3n) is 3.23. The lowest BCUT2D eigenvalue weighted by molar-refractivity contribution is 0.322. The van der Waals surface area contributed by atoms with Gasteiger partial charge in [0.05, 0.1) is 13.1 Å². The summed E-state index contributed by atoms with van der Waals surface area (Å²) in [5.41, 5.74) is 0. The summed E-state index contributed by atoms with van der Waals surface area (Å²) in [6.07, 6.45) is 0. The number of rotatable bonds is 6. The number of ether oxygens (including phenoxy) is 1. The van der Waals surface area contributed by atoms with Gasteiger partial charge < -0.3 is 19.9 Å². The van der Waals surface area contributed by atoms with E-state index in [-0.39, 0.29) is 0 Å². The van der Waals surface area contributed by atoms with Crippen molar-refractivity contribution in [1.82, 2.24) is 25.4 Å². The molecule has 0 aliphatic rings. The molecule has 0 bridgehead atoms. The summed E-state index contributed by atoms with van der Waals surface area (Å²) >= 11 is 0. The lowest BCUT2D eigenvalue weighted by Gasteiger charge is -2.12. The molecule has 2 N–H and O–H groups in total. The van der Waals surface area contributed by atoms with E-state index in [9.17, 15) is 0 Å². The highest BCUT2D eigenvalue weighted by Gasteiger charge is 2.05. The van der Waals surface area contributed by atoms with Crippen molar-refractivity contribution in [2.24, 2.45) is 12.0 Å². The van der Waals surface area contributed by atoms with Gasteiger partial charge in [-0.2, -0.15) is 0 Å². The Morgan fingerprint density at radius 1 is 1.23 bits per heavy atom. The number of benzene rings is 1. The van der Waals surface area contributed by atoms with E-state index in [4.69, 9.17) is 4.74 Å². The zero-order chi connectivity index (χ0) is 15.8. The van der Waals surface area contributed by atoms with Gasteiger partial charge in [0.25, 0.3) is 0 Å². The largest absolute Gasteiger partial charge is 0.492 e. The van der Waals surface area contributed by atoms with Crippen LogP contribution < -0.4 is 15.4 Å². The van der Waals surface area contributed by atoms with Gasteiger partial charge in [-0.25, -0.2) is 0 Å². The van der Waals surface area contributed by atoms with Crippen LogP contribution in [0.5, 0.6) is 5.75 Å². The van der Waals surface area contributed by atoms with E-state index in [0.717, 1.165) is 17.4 Å². The number of hydrogen-bond donors (Lipinski definition) is 2. The highest BCUT2D eigenvalue weighted by Crippen LogP contribution is 2.07. The summed E-state index contributed by atoms with van der Waals surface area (Å²) in [7, 11) is 3.67. The molecule has 0 radical (unpaired) electrons. The smallest absolute Gasteiger partial charge is 0.191 e. The van der Waals surface area contributed by atoms with Crippen LogP contribution in [0.15, 0.2) is 35.3 Å². The van der Waals surface area contributed by atoms with Gasteiger partial charge >= 0.3 is 0 Å². The fraction of sp³-hybridized carbons (Fsp3) is 0.400. The Balaban J connectivity index is 1.70. The van der Waals surface area contributed by atoms with Crippen LogP contribution >= 0.6 is 0 Å². The number of nitrogens with zero attached hydrogens (tertiary/aromatic N) is 4. The molecule has 0 atom stereocenters. The van der Waals surface area contributed by atoms with Crippen molar-refractivity contribution in [3.63, 3.8) is 0 Å². The molecule has 1 heterocycles. The van der Waals surface area contributed by atoms with Crippen molar-refractivity contribution >= 4 is 5.96 Å². The Morgan fingerprint density at radius 2 is 2.00 bits per heavy atom. The molecule has 2 rings (SSSR count). The Kier molecular flexibility index (Phi) is 5.76. The Morgan fingerprint density at radius 3 is 2.64 bits per heavy atom. The number of aromatic nitrogens is 3. The summed E-state index contributed by atoms with van der Waals surface area (Å²) in [6, 6.07) is 9.73. The van der Waals surface area contributed by atoms with Gasteiger partial charge in [-0.15, -0.1) is 10.2 Å². The maximum Gasteiger partial charge on any atom is 0.191 e. The molecule has 0 fully saturated rings. The predicted octanol–water partition coefficient (Wildman–Crippen LogP) is 0.868. The number of aryl methyl sites for hydroxylation is 1. The Hall–Kier alpha value is -2.57. The molecule has 0 aliphatic heterocycles. The minimum atomic E-state index is 0.563. The quantitative estimate of drug-likeness (QED) is 0.470. The van der Waals surface area contributed by atoms with E-state index in [1.807, 2.05) is 48.9 Å². The highest BCUT2D eigenvalue weighted by atomic mass is 16.5. The van der Waals surface area contributed by atoms with Crippen LogP contribution in [0.2, 0.25) is 0 Å². The zero-order valence-corrected chi connectivity index (χ0v) is 13.2. The third kappa shape index (κ3) is 4.47. The van der Waals surface area contributed by atoms with Crippen LogP contribution in [-0.2, 0) is 13.6 Å². The van der Waals surface area contributed by atoms with E-state index < -0.39 is 0 Å². The van der Waals surface area contributed by atoms with Crippen molar-refractivity contribution in [3.05, 3.63) is 42.0 Å². The third-order valence-corrected chi connectivity index (χ3v) is 3.23. The van der Waals surface area contributed by atoms with E-state index in [0.29, 0.717) is 25.7 Å². The summed E-state index contributed by atoms with van der Waals surface area (Å²) in [5, 5.41) is 14.5. The molecule has 0 aliphatic carbocycles. The summed E-state index contributed by atoms with van der Waals surface area (Å²) in [5.74, 6) is 3.32. The topological polar surface area (TPSA) is 76.4 Å². The van der Waals surface area contributed by atoms with Gasteiger partial charge in [0.2, 0.25) is 0 Å². The number of hydrogen-bond acceptors (Lipinski definition) is 4. The van der Waals surface area contributed by atoms with Crippen LogP contribution in [0.4, 0.5) is 0 Å². The average molecular weight is 302 g/mol. The summed E-state index contributed by atoms with van der Waals surface area (Å²) in [4.78, 5) is 4.17. The first kappa shape index (κ1) is 15.8. The van der Waals surface area contributed by atoms with Crippen LogP contribution in [0.25, 0.3) is 0 Å². The molecule has 7 heteroatoms. The predicted molar refractivity (Wildman–Crippen MR) is 85.9 cm³/mol. The molecule has 2 aromatic rings. The van der Waals surface area contributed by atoms with Crippen molar-refractivity contribution in [2.45, 2.75) is 13.5 Å². The standard InChI is InChI=1S/C15H22N6O/c1-12-19-20-14(21(12)3)11-18-15(16-2)17-9-10-22-13-7-5-4-6-8-13/h4-8H,9-11H2,1-3H3,(H2,16,17,18). The monoisotopic (exact) mass is 302 g/mol. The maximum atomic E-state index is 5.61. The normalized spacial score (nSPS) is 11.3. The van der Waals surface area contributed by atoms with Crippen LogP contribution in [0, 0.1) is 6.92 Å². The van der Waals surface area contributed by atoms with Crippen LogP contribution in [0.1, 0.15) is 11.6 Å². The van der Waals surface area contributed by atoms with Gasteiger partial charge in [-0.1, -0.05) is 18.2 Å². The van der Waals surface area contributed by atoms with Crippen LogP contribution in [0.3, 0.4) is 0 Å². The van der Waals surface area contributed by atoms with E-state index in [1.165, 1.54) is 0 Å². The van der Waals surface area contributed by atoms with Gasteiger partial charge in [0.15, 0.2) is 11.8 Å².